The highest BCUT2D eigenvalue weighted by atomic mass is 27.0. The molecule has 0 aliphatic carbocycles. The Morgan fingerprint density at radius 3 is 2.83 bits per heavy atom. The lowest BCUT2D eigenvalue weighted by molar-refractivity contribution is 0.480. The number of hydrogen-bond donors (Lipinski definition) is 1. The van der Waals surface area contributed by atoms with Crippen LogP contribution in [0.15, 0.2) is 30.3 Å². The van der Waals surface area contributed by atoms with E-state index in [9.17, 15) is 5.11 Å². The van der Waals surface area contributed by atoms with E-state index >= 15 is 0 Å². The standard InChI is InChI=1S/C9H6NO.Al.2H/c11-8-5-1-3-7-4-2-6-10-9(7)8;;;/h1-5,11H;;;. The number of aromatic nitrogens is 1. The predicted molar refractivity (Wildman–Crippen MR) is 51.6 cm³/mol. The highest BCUT2D eigenvalue weighted by molar-refractivity contribution is 6.31. The highest BCUT2D eigenvalue weighted by Gasteiger charge is 1.98. The van der Waals surface area contributed by atoms with E-state index in [1.807, 2.05) is 24.3 Å². The fourth-order valence-electron chi connectivity index (χ4n) is 1.23. The van der Waals surface area contributed by atoms with E-state index in [1.54, 1.807) is 6.07 Å². The smallest absolute Gasteiger partial charge is 0.289 e. The summed E-state index contributed by atoms with van der Waals surface area (Å²) in [4.78, 5) is 4.29. The molecule has 1 aromatic carbocycles. The second-order valence-corrected chi connectivity index (χ2v) is 3.83. The summed E-state index contributed by atoms with van der Waals surface area (Å²) in [6.07, 6.45) is 0. The Hall–Kier alpha value is -1.04. The topological polar surface area (TPSA) is 33.1 Å². The van der Waals surface area contributed by atoms with Gasteiger partial charge in [0.05, 0.1) is 0 Å². The summed E-state index contributed by atoms with van der Waals surface area (Å²) in [5.41, 5.74) is 0.713. The van der Waals surface area contributed by atoms with Crippen LogP contribution in [-0.2, 0) is 0 Å². The number of aromatic hydroxyl groups is 1. The summed E-state index contributed by atoms with van der Waals surface area (Å²) in [5, 5.41) is 10.4. The second-order valence-electron chi connectivity index (χ2n) is 2.80. The van der Waals surface area contributed by atoms with E-state index in [-0.39, 0.29) is 5.75 Å². The Kier molecular flexibility index (Phi) is 1.76. The molecule has 0 bridgehead atoms. The fourth-order valence-corrected chi connectivity index (χ4v) is 1.62. The van der Waals surface area contributed by atoms with Gasteiger partial charge in [-0.15, -0.1) is 0 Å². The van der Waals surface area contributed by atoms with E-state index in [2.05, 4.69) is 4.98 Å². The summed E-state index contributed by atoms with van der Waals surface area (Å²) in [5.74, 6) is 0.269. The average molecular weight is 173 g/mol. The van der Waals surface area contributed by atoms with Gasteiger partial charge in [-0.05, 0) is 10.6 Å². The van der Waals surface area contributed by atoms with Crippen LogP contribution in [0.2, 0.25) is 0 Å². The first-order valence-electron chi connectivity index (χ1n) is 3.83. The molecule has 2 rings (SSSR count). The Bertz CT molecular complexity index is 428. The van der Waals surface area contributed by atoms with Crippen LogP contribution >= 0.6 is 0 Å². The molecule has 0 fully saturated rings. The molecule has 0 saturated heterocycles. The molecule has 1 heterocycles. The van der Waals surface area contributed by atoms with E-state index in [1.165, 1.54) is 0 Å². The van der Waals surface area contributed by atoms with Crippen LogP contribution in [0.4, 0.5) is 0 Å². The number of nitrogens with zero attached hydrogens (tertiary/aromatic N) is 1. The lowest BCUT2D eigenvalue weighted by Gasteiger charge is -2.00. The Balaban J connectivity index is 2.88. The fraction of sp³-hybridized carbons (Fsp3) is 0. The van der Waals surface area contributed by atoms with E-state index < -0.39 is 0 Å². The zero-order valence-corrected chi connectivity index (χ0v) is 8.78. The van der Waals surface area contributed by atoms with Gasteiger partial charge in [-0.2, -0.15) is 0 Å². The molecule has 0 saturated carbocycles. The molecule has 2 nitrogen and oxygen atoms in total. The van der Waals surface area contributed by atoms with Crippen LogP contribution in [0.3, 0.4) is 0 Å². The quantitative estimate of drug-likeness (QED) is 0.577. The van der Waals surface area contributed by atoms with Gasteiger partial charge in [-0.25, -0.2) is 0 Å². The SMILES string of the molecule is Oc1cccc2cc[c]([AlH2])nc12. The van der Waals surface area contributed by atoms with Crippen molar-refractivity contribution in [2.75, 3.05) is 0 Å². The number of pyridine rings is 1. The Labute approximate surface area is 78.3 Å². The molecule has 3 heteroatoms. The van der Waals surface area contributed by atoms with Crippen LogP contribution in [0.1, 0.15) is 0 Å². The van der Waals surface area contributed by atoms with Gasteiger partial charge in [-0.1, -0.05) is 24.3 Å². The molecular weight excluding hydrogens is 165 g/mol. The van der Waals surface area contributed by atoms with Crippen molar-refractivity contribution < 1.29 is 5.11 Å². The third-order valence-corrected chi connectivity index (χ3v) is 2.40. The summed E-state index contributed by atoms with van der Waals surface area (Å²) in [6, 6.07) is 9.42. The number of phenolic OH excluding ortho intramolecular Hbond substituents is 1. The first-order chi connectivity index (χ1) is 5.77. The van der Waals surface area contributed by atoms with Crippen LogP contribution in [-0.4, -0.2) is 26.4 Å². The van der Waals surface area contributed by atoms with E-state index in [0.29, 0.717) is 5.52 Å². The number of phenols is 1. The molecule has 12 heavy (non-hydrogen) atoms. The van der Waals surface area contributed by atoms with Gasteiger partial charge in [-0.3, -0.25) is 4.98 Å². The van der Waals surface area contributed by atoms with Gasteiger partial charge in [0.1, 0.15) is 11.3 Å². The molecule has 0 aliphatic rings. The van der Waals surface area contributed by atoms with Gasteiger partial charge in [0.2, 0.25) is 0 Å². The van der Waals surface area contributed by atoms with Crippen molar-refractivity contribution in [3.8, 4) is 5.75 Å². The number of hydrogen-bond acceptors (Lipinski definition) is 2. The zero-order valence-electron chi connectivity index (χ0n) is 6.78. The Morgan fingerprint density at radius 2 is 2.00 bits per heavy atom. The van der Waals surface area contributed by atoms with Gasteiger partial charge in [0.25, 0.3) is 16.3 Å². The number of rotatable bonds is 0. The molecule has 1 aromatic heterocycles. The average Bonchev–Trinajstić information content (AvgIpc) is 2.07. The highest BCUT2D eigenvalue weighted by Crippen LogP contribution is 2.19. The molecule has 0 spiro atoms. The summed E-state index contributed by atoms with van der Waals surface area (Å²) in [7, 11) is 0. The molecule has 0 amide bonds. The minimum Gasteiger partial charge on any atom is -0.506 e. The maximum absolute atomic E-state index is 9.45. The van der Waals surface area contributed by atoms with Crippen molar-refractivity contribution in [3.05, 3.63) is 30.3 Å². The van der Waals surface area contributed by atoms with E-state index in [4.69, 9.17) is 0 Å². The lowest BCUT2D eigenvalue weighted by atomic mass is 10.2. The van der Waals surface area contributed by atoms with Crippen LogP contribution in [0.5, 0.6) is 5.75 Å². The molecular formula is C9H8AlNO. The van der Waals surface area contributed by atoms with Gasteiger partial charge in [0.15, 0.2) is 0 Å². The second kappa shape index (κ2) is 2.78. The lowest BCUT2D eigenvalue weighted by Crippen LogP contribution is -2.06. The molecule has 0 atom stereocenters. The number of fused-ring (bicyclic) bond motifs is 1. The molecule has 58 valence electrons. The predicted octanol–water partition coefficient (Wildman–Crippen LogP) is 0.199. The number of para-hydroxylation sites is 1. The zero-order chi connectivity index (χ0) is 8.55. The van der Waals surface area contributed by atoms with Crippen molar-refractivity contribution in [2.24, 2.45) is 0 Å². The normalized spacial score (nSPS) is 10.3. The largest absolute Gasteiger partial charge is 0.506 e. The molecule has 0 unspecified atom stereocenters. The van der Waals surface area contributed by atoms with Crippen molar-refractivity contribution in [3.63, 3.8) is 0 Å². The van der Waals surface area contributed by atoms with Crippen molar-refractivity contribution >= 4 is 31.7 Å². The summed E-state index contributed by atoms with van der Waals surface area (Å²) in [6.45, 7) is 0. The van der Waals surface area contributed by atoms with Crippen molar-refractivity contribution in [1.29, 1.82) is 0 Å². The third-order valence-electron chi connectivity index (χ3n) is 1.84. The maximum Gasteiger partial charge on any atom is 0.289 e. The van der Waals surface area contributed by atoms with Crippen LogP contribution in [0.25, 0.3) is 10.9 Å². The van der Waals surface area contributed by atoms with Crippen LogP contribution in [0, 0.1) is 0 Å². The maximum atomic E-state index is 9.45. The minimum atomic E-state index is 0.269. The van der Waals surface area contributed by atoms with Crippen molar-refractivity contribution in [1.82, 2.24) is 4.98 Å². The Morgan fingerprint density at radius 1 is 1.17 bits per heavy atom. The van der Waals surface area contributed by atoms with Crippen molar-refractivity contribution in [2.45, 2.75) is 0 Å². The first kappa shape index (κ1) is 7.60. The van der Waals surface area contributed by atoms with Crippen LogP contribution < -0.4 is 4.56 Å². The van der Waals surface area contributed by atoms with Gasteiger partial charge in [0, 0.05) is 5.39 Å². The third kappa shape index (κ3) is 1.18. The minimum absolute atomic E-state index is 0.269. The molecule has 2 aromatic rings. The van der Waals surface area contributed by atoms with Gasteiger partial charge < -0.3 is 5.11 Å². The van der Waals surface area contributed by atoms with E-state index in [0.717, 1.165) is 26.2 Å². The monoisotopic (exact) mass is 173 g/mol. The van der Waals surface area contributed by atoms with Gasteiger partial charge >= 0.3 is 0 Å². The first-order valence-corrected chi connectivity index (χ1v) is 4.83. The summed E-state index contributed by atoms with van der Waals surface area (Å²) < 4.78 is 1.06. The molecule has 1 N–H and O–H groups in total. The molecule has 0 radical (unpaired) electrons. The number of benzene rings is 1. The summed E-state index contributed by atoms with van der Waals surface area (Å²) >= 11 is 0.919. The molecule has 0 aliphatic heterocycles.